The largest absolute Gasteiger partial charge is 0.294 e. The monoisotopic (exact) mass is 260 g/mol. The van der Waals surface area contributed by atoms with Crippen LogP contribution in [0.4, 0.5) is 8.78 Å². The van der Waals surface area contributed by atoms with Crippen LogP contribution in [-0.2, 0) is 6.42 Å². The minimum atomic E-state index is -0.387. The van der Waals surface area contributed by atoms with E-state index < -0.39 is 0 Å². The maximum atomic E-state index is 13.4. The Morgan fingerprint density at radius 3 is 2.37 bits per heavy atom. The summed E-state index contributed by atoms with van der Waals surface area (Å²) in [6.45, 7) is 3.40. The fourth-order valence-corrected chi connectivity index (χ4v) is 1.90. The van der Waals surface area contributed by atoms with Gasteiger partial charge in [-0.15, -0.1) is 0 Å². The molecule has 0 unspecified atom stereocenters. The SMILES string of the molecule is Cc1ccc(C(=O)Cc2ccc(F)cc2C)cc1F. The van der Waals surface area contributed by atoms with Gasteiger partial charge < -0.3 is 0 Å². The number of halogens is 2. The zero-order chi connectivity index (χ0) is 14.0. The Morgan fingerprint density at radius 2 is 1.74 bits per heavy atom. The second-order valence-electron chi connectivity index (χ2n) is 4.63. The highest BCUT2D eigenvalue weighted by Gasteiger charge is 2.11. The number of carbonyl (C=O) groups excluding carboxylic acids is 1. The van der Waals surface area contributed by atoms with Crippen molar-refractivity contribution in [2.75, 3.05) is 0 Å². The summed E-state index contributed by atoms with van der Waals surface area (Å²) in [6, 6.07) is 8.74. The van der Waals surface area contributed by atoms with Gasteiger partial charge in [0.25, 0.3) is 0 Å². The lowest BCUT2D eigenvalue weighted by Gasteiger charge is -2.06. The molecular formula is C16H14F2O. The molecule has 0 saturated carbocycles. The number of aryl methyl sites for hydroxylation is 2. The molecule has 0 bridgehead atoms. The predicted octanol–water partition coefficient (Wildman–Crippen LogP) is 4.01. The van der Waals surface area contributed by atoms with Gasteiger partial charge in [-0.1, -0.05) is 18.2 Å². The zero-order valence-corrected chi connectivity index (χ0v) is 10.8. The highest BCUT2D eigenvalue weighted by molar-refractivity contribution is 5.97. The minimum absolute atomic E-state index is 0.147. The number of ketones is 1. The third kappa shape index (κ3) is 3.05. The molecule has 98 valence electrons. The highest BCUT2D eigenvalue weighted by atomic mass is 19.1. The van der Waals surface area contributed by atoms with Gasteiger partial charge >= 0.3 is 0 Å². The molecule has 0 aliphatic heterocycles. The first-order valence-electron chi connectivity index (χ1n) is 6.02. The number of hydrogen-bond donors (Lipinski definition) is 0. The van der Waals surface area contributed by atoms with Crippen molar-refractivity contribution in [2.24, 2.45) is 0 Å². The third-order valence-electron chi connectivity index (χ3n) is 3.15. The Bertz CT molecular complexity index is 633. The van der Waals surface area contributed by atoms with Crippen LogP contribution in [0, 0.1) is 25.5 Å². The van der Waals surface area contributed by atoms with Crippen LogP contribution >= 0.6 is 0 Å². The van der Waals surface area contributed by atoms with Crippen LogP contribution in [0.25, 0.3) is 0 Å². The third-order valence-corrected chi connectivity index (χ3v) is 3.15. The molecule has 0 aromatic heterocycles. The van der Waals surface area contributed by atoms with Crippen LogP contribution in [0.3, 0.4) is 0 Å². The molecule has 0 atom stereocenters. The van der Waals surface area contributed by atoms with Gasteiger partial charge in [0.1, 0.15) is 11.6 Å². The lowest BCUT2D eigenvalue weighted by Crippen LogP contribution is -2.06. The van der Waals surface area contributed by atoms with Gasteiger partial charge in [0.2, 0.25) is 0 Å². The van der Waals surface area contributed by atoms with Crippen molar-refractivity contribution in [1.29, 1.82) is 0 Å². The molecule has 2 aromatic carbocycles. The van der Waals surface area contributed by atoms with Crippen LogP contribution in [-0.4, -0.2) is 5.78 Å². The zero-order valence-electron chi connectivity index (χ0n) is 10.8. The van der Waals surface area contributed by atoms with E-state index in [1.54, 1.807) is 32.0 Å². The molecule has 1 nitrogen and oxygen atoms in total. The second kappa shape index (κ2) is 5.31. The maximum absolute atomic E-state index is 13.4. The Morgan fingerprint density at radius 1 is 1.00 bits per heavy atom. The Balaban J connectivity index is 2.23. The quantitative estimate of drug-likeness (QED) is 0.762. The molecule has 2 aromatic rings. The van der Waals surface area contributed by atoms with Gasteiger partial charge in [0, 0.05) is 12.0 Å². The van der Waals surface area contributed by atoms with Gasteiger partial charge in [-0.2, -0.15) is 0 Å². The van der Waals surface area contributed by atoms with E-state index in [-0.39, 0.29) is 23.8 Å². The van der Waals surface area contributed by atoms with E-state index in [4.69, 9.17) is 0 Å². The fourth-order valence-electron chi connectivity index (χ4n) is 1.90. The number of Topliss-reactive ketones (excluding diaryl/α,β-unsaturated/α-hetero) is 1. The van der Waals surface area contributed by atoms with E-state index in [2.05, 4.69) is 0 Å². The minimum Gasteiger partial charge on any atom is -0.294 e. The summed E-state index contributed by atoms with van der Waals surface area (Å²) in [4.78, 5) is 12.1. The summed E-state index contributed by atoms with van der Waals surface area (Å²) in [7, 11) is 0. The summed E-state index contributed by atoms with van der Waals surface area (Å²) in [6.07, 6.45) is 0.147. The molecule has 0 saturated heterocycles. The standard InChI is InChI=1S/C16H14F2O/c1-10-3-4-13(8-15(10)18)16(19)9-12-5-6-14(17)7-11(12)2/h3-8H,9H2,1-2H3. The van der Waals surface area contributed by atoms with Gasteiger partial charge in [0.05, 0.1) is 0 Å². The second-order valence-corrected chi connectivity index (χ2v) is 4.63. The van der Waals surface area contributed by atoms with Gasteiger partial charge in [-0.3, -0.25) is 4.79 Å². The maximum Gasteiger partial charge on any atom is 0.167 e. The molecule has 0 fully saturated rings. The van der Waals surface area contributed by atoms with E-state index in [1.807, 2.05) is 0 Å². The van der Waals surface area contributed by atoms with Crippen molar-refractivity contribution in [2.45, 2.75) is 20.3 Å². The predicted molar refractivity (Wildman–Crippen MR) is 70.3 cm³/mol. The van der Waals surface area contributed by atoms with Crippen molar-refractivity contribution in [3.8, 4) is 0 Å². The number of hydrogen-bond acceptors (Lipinski definition) is 1. The van der Waals surface area contributed by atoms with Gasteiger partial charge in [-0.05, 0) is 48.7 Å². The van der Waals surface area contributed by atoms with Crippen molar-refractivity contribution >= 4 is 5.78 Å². The Labute approximate surface area is 110 Å². The molecule has 0 aliphatic carbocycles. The molecule has 0 spiro atoms. The lowest BCUT2D eigenvalue weighted by molar-refractivity contribution is 0.0992. The van der Waals surface area contributed by atoms with Crippen LogP contribution < -0.4 is 0 Å². The first-order chi connectivity index (χ1) is 8.97. The van der Waals surface area contributed by atoms with Crippen molar-refractivity contribution in [1.82, 2.24) is 0 Å². The Hall–Kier alpha value is -2.03. The summed E-state index contributed by atoms with van der Waals surface area (Å²) in [5.41, 5.74) is 2.33. The summed E-state index contributed by atoms with van der Waals surface area (Å²) in [5.74, 6) is -0.884. The number of carbonyl (C=O) groups is 1. The van der Waals surface area contributed by atoms with E-state index in [1.165, 1.54) is 18.2 Å². The molecule has 0 amide bonds. The summed E-state index contributed by atoms with van der Waals surface area (Å²) < 4.78 is 26.4. The molecule has 0 heterocycles. The summed E-state index contributed by atoms with van der Waals surface area (Å²) in [5, 5.41) is 0. The normalized spacial score (nSPS) is 10.5. The van der Waals surface area contributed by atoms with Gasteiger partial charge in [0.15, 0.2) is 5.78 Å². The van der Waals surface area contributed by atoms with Crippen molar-refractivity contribution < 1.29 is 13.6 Å². The van der Waals surface area contributed by atoms with E-state index >= 15 is 0 Å². The summed E-state index contributed by atoms with van der Waals surface area (Å²) >= 11 is 0. The van der Waals surface area contributed by atoms with E-state index in [9.17, 15) is 13.6 Å². The topological polar surface area (TPSA) is 17.1 Å². The molecule has 0 radical (unpaired) electrons. The van der Waals surface area contributed by atoms with Crippen molar-refractivity contribution in [3.05, 3.63) is 70.3 Å². The highest BCUT2D eigenvalue weighted by Crippen LogP contribution is 2.15. The lowest BCUT2D eigenvalue weighted by atomic mass is 9.99. The molecule has 3 heteroatoms. The molecule has 19 heavy (non-hydrogen) atoms. The van der Waals surface area contributed by atoms with Crippen LogP contribution in [0.2, 0.25) is 0 Å². The molecule has 2 rings (SSSR count). The van der Waals surface area contributed by atoms with Gasteiger partial charge in [-0.25, -0.2) is 8.78 Å². The number of benzene rings is 2. The first-order valence-corrected chi connectivity index (χ1v) is 6.02. The fraction of sp³-hybridized carbons (Fsp3) is 0.188. The van der Waals surface area contributed by atoms with Crippen LogP contribution in [0.5, 0.6) is 0 Å². The smallest absolute Gasteiger partial charge is 0.167 e. The average molecular weight is 260 g/mol. The van der Waals surface area contributed by atoms with Crippen LogP contribution in [0.15, 0.2) is 36.4 Å². The van der Waals surface area contributed by atoms with E-state index in [0.717, 1.165) is 11.1 Å². The Kier molecular flexibility index (Phi) is 3.74. The van der Waals surface area contributed by atoms with Crippen LogP contribution in [0.1, 0.15) is 27.0 Å². The first kappa shape index (κ1) is 13.4. The van der Waals surface area contributed by atoms with E-state index in [0.29, 0.717) is 11.1 Å². The molecular weight excluding hydrogens is 246 g/mol. The molecule has 0 aliphatic rings. The van der Waals surface area contributed by atoms with Crippen molar-refractivity contribution in [3.63, 3.8) is 0 Å². The number of rotatable bonds is 3. The average Bonchev–Trinajstić information content (AvgIpc) is 2.36. The molecule has 0 N–H and O–H groups in total.